The number of hydrogen-bond donors (Lipinski definition) is 2. The van der Waals surface area contributed by atoms with E-state index in [1.165, 1.54) is 23.8 Å². The topological polar surface area (TPSA) is 75.3 Å². The Hall–Kier alpha value is -1.54. The van der Waals surface area contributed by atoms with Crippen molar-refractivity contribution in [3.8, 4) is 0 Å². The number of amides is 1. The Morgan fingerprint density at radius 2 is 1.89 bits per heavy atom. The Labute approximate surface area is 168 Å². The van der Waals surface area contributed by atoms with Gasteiger partial charge in [-0.05, 0) is 50.1 Å². The zero-order valence-corrected chi connectivity index (χ0v) is 17.3. The molecule has 1 saturated carbocycles. The van der Waals surface area contributed by atoms with Crippen LogP contribution in [0.1, 0.15) is 28.8 Å². The van der Waals surface area contributed by atoms with Gasteiger partial charge in [0.15, 0.2) is 0 Å². The maximum absolute atomic E-state index is 12.4. The fraction of sp³-hybridized carbons (Fsp3) is 0.316. The standard InChI is InChI=1S/C19H21ClN2O3S2/c1-13-2-7-16(8-3-13)26-11-10-21-19(23)14-4-9-17(20)18(12-14)27(24,25)22-15-5-6-15/h2-4,7-9,12,15,22H,5-6,10-11H2,1H3,(H,21,23). The second-order valence-corrected chi connectivity index (χ2v) is 9.72. The second-order valence-electron chi connectivity index (χ2n) is 6.46. The van der Waals surface area contributed by atoms with Gasteiger partial charge in [0.05, 0.1) is 5.02 Å². The molecule has 2 aromatic rings. The van der Waals surface area contributed by atoms with Gasteiger partial charge in [-0.15, -0.1) is 11.8 Å². The predicted octanol–water partition coefficient (Wildman–Crippen LogP) is 3.61. The van der Waals surface area contributed by atoms with Crippen molar-refractivity contribution >= 4 is 39.3 Å². The molecule has 1 aliphatic rings. The van der Waals surface area contributed by atoms with E-state index < -0.39 is 10.0 Å². The van der Waals surface area contributed by atoms with E-state index in [2.05, 4.69) is 10.0 Å². The van der Waals surface area contributed by atoms with Gasteiger partial charge in [0.2, 0.25) is 10.0 Å². The summed E-state index contributed by atoms with van der Waals surface area (Å²) in [7, 11) is -3.71. The van der Waals surface area contributed by atoms with E-state index in [9.17, 15) is 13.2 Å². The molecule has 2 aromatic carbocycles. The van der Waals surface area contributed by atoms with Crippen LogP contribution in [0.15, 0.2) is 52.3 Å². The molecule has 1 amide bonds. The molecule has 1 fully saturated rings. The average Bonchev–Trinajstić information content (AvgIpc) is 3.43. The van der Waals surface area contributed by atoms with Gasteiger partial charge in [-0.1, -0.05) is 29.3 Å². The Balaban J connectivity index is 1.58. The number of nitrogens with one attached hydrogen (secondary N) is 2. The van der Waals surface area contributed by atoms with Crippen molar-refractivity contribution in [1.29, 1.82) is 0 Å². The molecule has 0 atom stereocenters. The summed E-state index contributed by atoms with van der Waals surface area (Å²) in [6.07, 6.45) is 1.66. The zero-order chi connectivity index (χ0) is 19.4. The van der Waals surface area contributed by atoms with Crippen LogP contribution in [-0.2, 0) is 10.0 Å². The molecular weight excluding hydrogens is 404 g/mol. The van der Waals surface area contributed by atoms with Crippen LogP contribution >= 0.6 is 23.4 Å². The molecule has 27 heavy (non-hydrogen) atoms. The molecule has 144 valence electrons. The Bertz CT molecular complexity index is 926. The van der Waals surface area contributed by atoms with Crippen LogP contribution in [0.2, 0.25) is 5.02 Å². The first-order valence-electron chi connectivity index (χ1n) is 8.65. The first-order valence-corrected chi connectivity index (χ1v) is 11.5. The van der Waals surface area contributed by atoms with Gasteiger partial charge in [0.25, 0.3) is 5.91 Å². The molecule has 0 radical (unpaired) electrons. The van der Waals surface area contributed by atoms with Gasteiger partial charge in [-0.3, -0.25) is 4.79 Å². The predicted molar refractivity (Wildman–Crippen MR) is 109 cm³/mol. The number of rotatable bonds is 8. The van der Waals surface area contributed by atoms with Crippen LogP contribution in [0.3, 0.4) is 0 Å². The summed E-state index contributed by atoms with van der Waals surface area (Å²) >= 11 is 7.69. The molecule has 0 unspecified atom stereocenters. The molecule has 0 spiro atoms. The van der Waals surface area contributed by atoms with Crippen LogP contribution in [0.25, 0.3) is 0 Å². The Morgan fingerprint density at radius 3 is 2.56 bits per heavy atom. The number of sulfonamides is 1. The van der Waals surface area contributed by atoms with E-state index in [1.54, 1.807) is 11.8 Å². The van der Waals surface area contributed by atoms with Gasteiger partial charge in [-0.25, -0.2) is 13.1 Å². The maximum atomic E-state index is 12.4. The van der Waals surface area contributed by atoms with E-state index in [0.29, 0.717) is 6.54 Å². The minimum absolute atomic E-state index is 0.0256. The van der Waals surface area contributed by atoms with E-state index in [1.807, 2.05) is 31.2 Å². The second kappa shape index (κ2) is 8.65. The lowest BCUT2D eigenvalue weighted by Gasteiger charge is -2.10. The van der Waals surface area contributed by atoms with Crippen molar-refractivity contribution in [2.45, 2.75) is 35.6 Å². The number of halogens is 1. The van der Waals surface area contributed by atoms with Crippen molar-refractivity contribution in [3.63, 3.8) is 0 Å². The smallest absolute Gasteiger partial charge is 0.251 e. The molecule has 1 aliphatic carbocycles. The highest BCUT2D eigenvalue weighted by Crippen LogP contribution is 2.27. The largest absolute Gasteiger partial charge is 0.351 e. The van der Waals surface area contributed by atoms with Crippen molar-refractivity contribution in [2.24, 2.45) is 0 Å². The summed E-state index contributed by atoms with van der Waals surface area (Å²) in [5, 5.41) is 2.92. The third kappa shape index (κ3) is 5.72. The van der Waals surface area contributed by atoms with Crippen LogP contribution in [0.5, 0.6) is 0 Å². The van der Waals surface area contributed by atoms with Crippen molar-refractivity contribution in [3.05, 3.63) is 58.6 Å². The van der Waals surface area contributed by atoms with E-state index in [4.69, 9.17) is 11.6 Å². The molecule has 0 aromatic heterocycles. The van der Waals surface area contributed by atoms with Crippen molar-refractivity contribution in [1.82, 2.24) is 10.0 Å². The van der Waals surface area contributed by atoms with E-state index in [-0.39, 0.29) is 27.4 Å². The fourth-order valence-electron chi connectivity index (χ4n) is 2.40. The van der Waals surface area contributed by atoms with Crippen molar-refractivity contribution < 1.29 is 13.2 Å². The molecule has 5 nitrogen and oxygen atoms in total. The number of hydrogen-bond acceptors (Lipinski definition) is 4. The van der Waals surface area contributed by atoms with Crippen molar-refractivity contribution in [2.75, 3.05) is 12.3 Å². The van der Waals surface area contributed by atoms with Gasteiger partial charge >= 0.3 is 0 Å². The number of carbonyl (C=O) groups excluding carboxylic acids is 1. The molecule has 0 heterocycles. The number of aryl methyl sites for hydroxylation is 1. The highest BCUT2D eigenvalue weighted by Gasteiger charge is 2.29. The Kier molecular flexibility index (Phi) is 6.47. The highest BCUT2D eigenvalue weighted by molar-refractivity contribution is 7.99. The minimum Gasteiger partial charge on any atom is -0.351 e. The number of thioether (sulfide) groups is 1. The van der Waals surface area contributed by atoms with Gasteiger partial charge < -0.3 is 5.32 Å². The third-order valence-corrected chi connectivity index (χ3v) is 7.08. The van der Waals surface area contributed by atoms with Crippen LogP contribution in [0.4, 0.5) is 0 Å². The third-order valence-electron chi connectivity index (χ3n) is 4.06. The average molecular weight is 425 g/mol. The summed E-state index contributed by atoms with van der Waals surface area (Å²) in [6.45, 7) is 2.51. The first-order chi connectivity index (χ1) is 12.8. The lowest BCUT2D eigenvalue weighted by molar-refractivity contribution is 0.0956. The van der Waals surface area contributed by atoms with Gasteiger partial charge in [-0.2, -0.15) is 0 Å². The van der Waals surface area contributed by atoms with Gasteiger partial charge in [0, 0.05) is 28.8 Å². The number of carbonyl (C=O) groups is 1. The van der Waals surface area contributed by atoms with E-state index in [0.717, 1.165) is 23.5 Å². The summed E-state index contributed by atoms with van der Waals surface area (Å²) < 4.78 is 27.4. The fourth-order valence-corrected chi connectivity index (χ4v) is 5.00. The summed E-state index contributed by atoms with van der Waals surface area (Å²) in [5.41, 5.74) is 1.48. The SMILES string of the molecule is Cc1ccc(SCCNC(=O)c2ccc(Cl)c(S(=O)(=O)NC3CC3)c2)cc1. The lowest BCUT2D eigenvalue weighted by Crippen LogP contribution is -2.28. The molecule has 8 heteroatoms. The lowest BCUT2D eigenvalue weighted by atomic mass is 10.2. The molecular formula is C19H21ClN2O3S2. The summed E-state index contributed by atoms with van der Waals surface area (Å²) in [6, 6.07) is 12.5. The molecule has 0 aliphatic heterocycles. The summed E-state index contributed by atoms with van der Waals surface area (Å²) in [4.78, 5) is 13.4. The van der Waals surface area contributed by atoms with Gasteiger partial charge in [0.1, 0.15) is 4.90 Å². The summed E-state index contributed by atoms with van der Waals surface area (Å²) in [5.74, 6) is 0.399. The number of benzene rings is 2. The molecule has 2 N–H and O–H groups in total. The van der Waals surface area contributed by atoms with Crippen LogP contribution in [0, 0.1) is 6.92 Å². The molecule has 3 rings (SSSR count). The Morgan fingerprint density at radius 1 is 1.19 bits per heavy atom. The maximum Gasteiger partial charge on any atom is 0.251 e. The minimum atomic E-state index is -3.71. The molecule has 0 saturated heterocycles. The zero-order valence-electron chi connectivity index (χ0n) is 14.9. The van der Waals surface area contributed by atoms with Crippen LogP contribution < -0.4 is 10.0 Å². The first kappa shape index (κ1) is 20.2. The quantitative estimate of drug-likeness (QED) is 0.501. The molecule has 0 bridgehead atoms. The monoisotopic (exact) mass is 424 g/mol. The van der Waals surface area contributed by atoms with Crippen LogP contribution in [-0.4, -0.2) is 32.7 Å². The normalized spacial score (nSPS) is 14.1. The van der Waals surface area contributed by atoms with E-state index >= 15 is 0 Å². The highest BCUT2D eigenvalue weighted by atomic mass is 35.5.